The third-order valence-electron chi connectivity index (χ3n) is 4.18. The lowest BCUT2D eigenvalue weighted by atomic mass is 9.70. The minimum absolute atomic E-state index is 0.0405. The van der Waals surface area contributed by atoms with Crippen molar-refractivity contribution in [1.29, 1.82) is 0 Å². The van der Waals surface area contributed by atoms with Crippen molar-refractivity contribution in [2.45, 2.75) is 46.0 Å². The van der Waals surface area contributed by atoms with E-state index in [9.17, 15) is 0 Å². The second kappa shape index (κ2) is 8.93. The highest BCUT2D eigenvalue weighted by Crippen LogP contribution is 2.39. The summed E-state index contributed by atoms with van der Waals surface area (Å²) in [7, 11) is 3.57. The van der Waals surface area contributed by atoms with E-state index in [2.05, 4.69) is 13.8 Å². The molecule has 19 heavy (non-hydrogen) atoms. The topological polar surface area (TPSA) is 27.7 Å². The predicted molar refractivity (Wildman–Crippen MR) is 78.4 cm³/mol. The molecule has 0 radical (unpaired) electrons. The van der Waals surface area contributed by atoms with E-state index in [-0.39, 0.29) is 5.41 Å². The fourth-order valence-corrected chi connectivity index (χ4v) is 3.27. The van der Waals surface area contributed by atoms with Gasteiger partial charge in [0.1, 0.15) is 0 Å². The van der Waals surface area contributed by atoms with Gasteiger partial charge in [-0.3, -0.25) is 0 Å². The number of hydrogen-bond acceptors (Lipinski definition) is 3. The molecule has 3 heteroatoms. The van der Waals surface area contributed by atoms with E-state index in [1.165, 1.54) is 32.1 Å². The van der Waals surface area contributed by atoms with Crippen LogP contribution >= 0.6 is 0 Å². The SMILES string of the molecule is COCC(COC)(COCC(C)C)C1CCCCC1. The molecule has 0 N–H and O–H groups in total. The molecule has 1 fully saturated rings. The molecule has 1 aliphatic carbocycles. The molecule has 1 saturated carbocycles. The first-order valence-corrected chi connectivity index (χ1v) is 7.70. The zero-order valence-electron chi connectivity index (χ0n) is 13.2. The largest absolute Gasteiger partial charge is 0.384 e. The van der Waals surface area contributed by atoms with Crippen molar-refractivity contribution in [3.8, 4) is 0 Å². The number of rotatable bonds is 9. The van der Waals surface area contributed by atoms with Gasteiger partial charge in [0.05, 0.1) is 19.8 Å². The second-order valence-corrected chi connectivity index (χ2v) is 6.47. The standard InChI is InChI=1S/C16H32O3/c1-14(2)10-19-13-16(11-17-3,12-18-4)15-8-6-5-7-9-15/h14-15H,5-13H2,1-4H3. The Morgan fingerprint density at radius 2 is 1.53 bits per heavy atom. The Kier molecular flexibility index (Phi) is 7.96. The average Bonchev–Trinajstić information content (AvgIpc) is 2.39. The van der Waals surface area contributed by atoms with Crippen LogP contribution < -0.4 is 0 Å². The lowest BCUT2D eigenvalue weighted by Gasteiger charge is -2.41. The van der Waals surface area contributed by atoms with Crippen molar-refractivity contribution in [1.82, 2.24) is 0 Å². The molecule has 0 heterocycles. The monoisotopic (exact) mass is 272 g/mol. The highest BCUT2D eigenvalue weighted by molar-refractivity contribution is 4.88. The van der Waals surface area contributed by atoms with Crippen molar-refractivity contribution in [2.75, 3.05) is 40.6 Å². The zero-order valence-corrected chi connectivity index (χ0v) is 13.2. The Bertz CT molecular complexity index is 216. The first-order valence-electron chi connectivity index (χ1n) is 7.70. The molecule has 0 aliphatic heterocycles. The van der Waals surface area contributed by atoms with Crippen LogP contribution in [0.5, 0.6) is 0 Å². The second-order valence-electron chi connectivity index (χ2n) is 6.47. The van der Waals surface area contributed by atoms with Crippen molar-refractivity contribution in [2.24, 2.45) is 17.3 Å². The van der Waals surface area contributed by atoms with Crippen LogP contribution in [0, 0.1) is 17.3 Å². The van der Waals surface area contributed by atoms with Gasteiger partial charge in [0, 0.05) is 26.2 Å². The van der Waals surface area contributed by atoms with Crippen molar-refractivity contribution in [3.63, 3.8) is 0 Å². The van der Waals surface area contributed by atoms with Gasteiger partial charge >= 0.3 is 0 Å². The molecule has 0 bridgehead atoms. The maximum absolute atomic E-state index is 5.96. The van der Waals surface area contributed by atoms with Crippen LogP contribution in [0.1, 0.15) is 46.0 Å². The Labute approximate surface area is 119 Å². The van der Waals surface area contributed by atoms with E-state index in [1.807, 2.05) is 0 Å². The first kappa shape index (κ1) is 16.9. The third kappa shape index (κ3) is 5.41. The van der Waals surface area contributed by atoms with Gasteiger partial charge in [0.15, 0.2) is 0 Å². The van der Waals surface area contributed by atoms with Crippen molar-refractivity contribution in [3.05, 3.63) is 0 Å². The van der Waals surface area contributed by atoms with E-state index in [4.69, 9.17) is 14.2 Å². The Balaban J connectivity index is 2.66. The molecule has 0 aromatic heterocycles. The Morgan fingerprint density at radius 3 is 2.00 bits per heavy atom. The average molecular weight is 272 g/mol. The van der Waals surface area contributed by atoms with Gasteiger partial charge in [-0.25, -0.2) is 0 Å². The minimum atomic E-state index is 0.0405. The summed E-state index contributed by atoms with van der Waals surface area (Å²) in [6, 6.07) is 0. The third-order valence-corrected chi connectivity index (χ3v) is 4.18. The summed E-state index contributed by atoms with van der Waals surface area (Å²) < 4.78 is 17.0. The summed E-state index contributed by atoms with van der Waals surface area (Å²) in [6.45, 7) is 7.44. The van der Waals surface area contributed by atoms with Gasteiger partial charge in [-0.2, -0.15) is 0 Å². The predicted octanol–water partition coefficient (Wildman–Crippen LogP) is 3.52. The van der Waals surface area contributed by atoms with E-state index >= 15 is 0 Å². The molecule has 114 valence electrons. The lowest BCUT2D eigenvalue weighted by molar-refractivity contribution is -0.0941. The van der Waals surface area contributed by atoms with Gasteiger partial charge in [-0.15, -0.1) is 0 Å². The number of hydrogen-bond donors (Lipinski definition) is 0. The molecular weight excluding hydrogens is 240 g/mol. The Morgan fingerprint density at radius 1 is 0.947 bits per heavy atom. The van der Waals surface area contributed by atoms with Gasteiger partial charge < -0.3 is 14.2 Å². The molecule has 0 aromatic rings. The highest BCUT2D eigenvalue weighted by atomic mass is 16.5. The van der Waals surface area contributed by atoms with Crippen molar-refractivity contribution >= 4 is 0 Å². The summed E-state index contributed by atoms with van der Waals surface area (Å²) in [5.74, 6) is 1.25. The van der Waals surface area contributed by atoms with Crippen LogP contribution in [0.2, 0.25) is 0 Å². The van der Waals surface area contributed by atoms with E-state index in [0.29, 0.717) is 11.8 Å². The fraction of sp³-hybridized carbons (Fsp3) is 1.00. The van der Waals surface area contributed by atoms with Gasteiger partial charge in [0.25, 0.3) is 0 Å². The smallest absolute Gasteiger partial charge is 0.0569 e. The van der Waals surface area contributed by atoms with Crippen LogP contribution in [-0.4, -0.2) is 40.6 Å². The first-order chi connectivity index (χ1) is 9.14. The molecule has 3 nitrogen and oxygen atoms in total. The summed E-state index contributed by atoms with van der Waals surface area (Å²) in [5, 5.41) is 0. The molecule has 0 unspecified atom stereocenters. The van der Waals surface area contributed by atoms with E-state index in [1.54, 1.807) is 14.2 Å². The lowest BCUT2D eigenvalue weighted by Crippen LogP contribution is -2.44. The molecule has 0 atom stereocenters. The minimum Gasteiger partial charge on any atom is -0.384 e. The maximum atomic E-state index is 5.96. The summed E-state index contributed by atoms with van der Waals surface area (Å²) in [6.07, 6.45) is 6.63. The summed E-state index contributed by atoms with van der Waals surface area (Å²) in [4.78, 5) is 0. The summed E-state index contributed by atoms with van der Waals surface area (Å²) in [5.41, 5.74) is 0.0405. The quantitative estimate of drug-likeness (QED) is 0.643. The zero-order chi connectivity index (χ0) is 14.1. The van der Waals surface area contributed by atoms with Crippen LogP contribution in [0.3, 0.4) is 0 Å². The van der Waals surface area contributed by atoms with Gasteiger partial charge in [-0.05, 0) is 24.7 Å². The van der Waals surface area contributed by atoms with Gasteiger partial charge in [-0.1, -0.05) is 33.1 Å². The van der Waals surface area contributed by atoms with Crippen LogP contribution in [0.15, 0.2) is 0 Å². The van der Waals surface area contributed by atoms with E-state index < -0.39 is 0 Å². The molecule has 1 rings (SSSR count). The van der Waals surface area contributed by atoms with Crippen LogP contribution in [0.25, 0.3) is 0 Å². The van der Waals surface area contributed by atoms with Gasteiger partial charge in [0.2, 0.25) is 0 Å². The number of methoxy groups -OCH3 is 2. The molecule has 1 aliphatic rings. The molecule has 0 spiro atoms. The van der Waals surface area contributed by atoms with Crippen LogP contribution in [0.4, 0.5) is 0 Å². The van der Waals surface area contributed by atoms with Crippen molar-refractivity contribution < 1.29 is 14.2 Å². The maximum Gasteiger partial charge on any atom is 0.0569 e. The van der Waals surface area contributed by atoms with Crippen LogP contribution in [-0.2, 0) is 14.2 Å². The Hall–Kier alpha value is -0.120. The molecular formula is C16H32O3. The number of ether oxygens (including phenoxy) is 3. The molecule has 0 amide bonds. The molecule has 0 saturated heterocycles. The highest BCUT2D eigenvalue weighted by Gasteiger charge is 2.40. The normalized spacial score (nSPS) is 18.2. The van der Waals surface area contributed by atoms with E-state index in [0.717, 1.165) is 26.4 Å². The fourth-order valence-electron chi connectivity index (χ4n) is 3.27. The molecule has 0 aromatic carbocycles. The summed E-state index contributed by atoms with van der Waals surface area (Å²) >= 11 is 0.